The fourth-order valence-electron chi connectivity index (χ4n) is 4.77. The van der Waals surface area contributed by atoms with E-state index in [-0.39, 0.29) is 25.0 Å². The summed E-state index contributed by atoms with van der Waals surface area (Å²) in [5.41, 5.74) is 2.17. The lowest BCUT2D eigenvalue weighted by Crippen LogP contribution is -2.54. The molecule has 4 rings (SSSR count). The number of aryl methyl sites for hydroxylation is 1. The van der Waals surface area contributed by atoms with Crippen LogP contribution in [0.15, 0.2) is 48.5 Å². The van der Waals surface area contributed by atoms with E-state index in [0.29, 0.717) is 42.0 Å². The molecule has 1 saturated heterocycles. The Hall–Kier alpha value is -3.55. The second-order valence-corrected chi connectivity index (χ2v) is 9.47. The van der Waals surface area contributed by atoms with Gasteiger partial charge in [0.25, 0.3) is 5.91 Å². The molecule has 4 amide bonds. The number of carbonyl (C=O) groups excluding carboxylic acids is 3. The molecule has 8 heteroatoms. The van der Waals surface area contributed by atoms with Crippen molar-refractivity contribution in [2.45, 2.75) is 33.2 Å². The van der Waals surface area contributed by atoms with Gasteiger partial charge in [-0.3, -0.25) is 14.5 Å². The van der Waals surface area contributed by atoms with E-state index >= 15 is 0 Å². The van der Waals surface area contributed by atoms with E-state index < -0.39 is 12.1 Å². The number of likely N-dealkylation sites (tertiary alicyclic amines) is 1. The number of urea groups is 1. The zero-order chi connectivity index (χ0) is 24.2. The minimum atomic E-state index is -0.941. The van der Waals surface area contributed by atoms with Gasteiger partial charge < -0.3 is 20.3 Å². The van der Waals surface area contributed by atoms with Crippen molar-refractivity contribution in [1.29, 1.82) is 0 Å². The molecule has 2 N–H and O–H groups in total. The molecule has 0 radical (unpaired) electrons. The summed E-state index contributed by atoms with van der Waals surface area (Å²) in [6, 6.07) is 13.1. The molecule has 2 heterocycles. The van der Waals surface area contributed by atoms with Gasteiger partial charge in [-0.1, -0.05) is 38.1 Å². The Morgan fingerprint density at radius 3 is 2.53 bits per heavy atom. The van der Waals surface area contributed by atoms with Gasteiger partial charge in [-0.05, 0) is 55.0 Å². The van der Waals surface area contributed by atoms with Crippen molar-refractivity contribution < 1.29 is 19.1 Å². The first-order valence-corrected chi connectivity index (χ1v) is 11.8. The predicted octanol–water partition coefficient (Wildman–Crippen LogP) is 3.42. The number of fused-ring (bicyclic) bond motifs is 1. The summed E-state index contributed by atoms with van der Waals surface area (Å²) < 4.78 is 5.86. The molecule has 8 nitrogen and oxygen atoms in total. The fourth-order valence-corrected chi connectivity index (χ4v) is 4.77. The van der Waals surface area contributed by atoms with Crippen LogP contribution in [0.2, 0.25) is 0 Å². The van der Waals surface area contributed by atoms with Crippen LogP contribution in [0.1, 0.15) is 25.8 Å². The van der Waals surface area contributed by atoms with Crippen LogP contribution < -0.4 is 20.3 Å². The Kier molecular flexibility index (Phi) is 7.05. The standard InChI is InChI=1S/C26H32N4O4/c1-17-7-6-8-20(12-17)27-26(33)28-21-16-34-23-10-5-4-9-22(23)30(25(21)32)15-24(31)29-13-18(2)11-19(3)14-29/h4-10,12,18-19,21H,11,13-16H2,1-3H3,(H2,27,28,33)/t18?,19?,21-/m1/s1. The largest absolute Gasteiger partial charge is 0.489 e. The summed E-state index contributed by atoms with van der Waals surface area (Å²) in [6.45, 7) is 7.46. The third-order valence-corrected chi connectivity index (χ3v) is 6.22. The van der Waals surface area contributed by atoms with E-state index in [1.165, 1.54) is 4.90 Å². The van der Waals surface area contributed by atoms with Gasteiger partial charge in [0.1, 0.15) is 24.9 Å². The minimum absolute atomic E-state index is 0.0282. The number of ether oxygens (including phenoxy) is 1. The van der Waals surface area contributed by atoms with Crippen LogP contribution in [0.5, 0.6) is 5.75 Å². The number of hydrogen-bond donors (Lipinski definition) is 2. The van der Waals surface area contributed by atoms with Gasteiger partial charge in [0.05, 0.1) is 5.69 Å². The van der Waals surface area contributed by atoms with Crippen LogP contribution in [0, 0.1) is 18.8 Å². The fraction of sp³-hybridized carbons (Fsp3) is 0.423. The Morgan fingerprint density at radius 1 is 1.06 bits per heavy atom. The number of piperidine rings is 1. The van der Waals surface area contributed by atoms with E-state index in [4.69, 9.17) is 4.74 Å². The lowest BCUT2D eigenvalue weighted by atomic mass is 9.92. The van der Waals surface area contributed by atoms with Crippen LogP contribution in [0.25, 0.3) is 0 Å². The van der Waals surface area contributed by atoms with Crippen LogP contribution in [0.4, 0.5) is 16.2 Å². The average Bonchev–Trinajstić information content (AvgIpc) is 2.91. The molecular weight excluding hydrogens is 432 g/mol. The number of anilines is 2. The van der Waals surface area contributed by atoms with Crippen LogP contribution in [-0.2, 0) is 9.59 Å². The average molecular weight is 465 g/mol. The summed E-state index contributed by atoms with van der Waals surface area (Å²) in [5, 5.41) is 5.47. The number of amides is 4. The molecule has 1 fully saturated rings. The van der Waals surface area contributed by atoms with E-state index in [0.717, 1.165) is 12.0 Å². The van der Waals surface area contributed by atoms with Crippen molar-refractivity contribution in [3.05, 3.63) is 54.1 Å². The second kappa shape index (κ2) is 10.2. The molecule has 0 spiro atoms. The molecule has 2 aliphatic rings. The molecule has 2 aromatic rings. The smallest absolute Gasteiger partial charge is 0.320 e. The number of para-hydroxylation sites is 2. The molecule has 3 atom stereocenters. The van der Waals surface area contributed by atoms with Gasteiger partial charge in [0.15, 0.2) is 0 Å². The van der Waals surface area contributed by atoms with Crippen LogP contribution >= 0.6 is 0 Å². The van der Waals surface area contributed by atoms with Crippen molar-refractivity contribution in [3.8, 4) is 5.75 Å². The zero-order valence-corrected chi connectivity index (χ0v) is 19.9. The molecule has 0 aliphatic carbocycles. The zero-order valence-electron chi connectivity index (χ0n) is 19.9. The number of rotatable bonds is 4. The molecule has 0 saturated carbocycles. The number of benzene rings is 2. The van der Waals surface area contributed by atoms with Crippen LogP contribution in [0.3, 0.4) is 0 Å². The first-order valence-electron chi connectivity index (χ1n) is 11.8. The molecule has 2 unspecified atom stereocenters. The quantitative estimate of drug-likeness (QED) is 0.726. The Balaban J connectivity index is 1.51. The maximum absolute atomic E-state index is 13.5. The molecule has 2 aliphatic heterocycles. The molecule has 0 bridgehead atoms. The summed E-state index contributed by atoms with van der Waals surface area (Å²) in [4.78, 5) is 42.7. The van der Waals surface area contributed by atoms with Gasteiger partial charge in [-0.2, -0.15) is 0 Å². The van der Waals surface area contributed by atoms with Crippen molar-refractivity contribution in [1.82, 2.24) is 10.2 Å². The lowest BCUT2D eigenvalue weighted by molar-refractivity contribution is -0.134. The highest BCUT2D eigenvalue weighted by Crippen LogP contribution is 2.31. The molecule has 0 aromatic heterocycles. The van der Waals surface area contributed by atoms with E-state index in [1.54, 1.807) is 24.3 Å². The maximum atomic E-state index is 13.5. The summed E-state index contributed by atoms with van der Waals surface area (Å²) in [7, 11) is 0. The third-order valence-electron chi connectivity index (χ3n) is 6.22. The second-order valence-electron chi connectivity index (χ2n) is 9.47. The van der Waals surface area contributed by atoms with Crippen molar-refractivity contribution >= 4 is 29.2 Å². The normalized spacial score (nSPS) is 22.3. The highest BCUT2D eigenvalue weighted by atomic mass is 16.5. The molecular formula is C26H32N4O4. The summed E-state index contributed by atoms with van der Waals surface area (Å²) in [5.74, 6) is 0.861. The SMILES string of the molecule is Cc1cccc(NC(=O)N[C@@H]2COc3ccccc3N(CC(=O)N3CC(C)CC(C)C3)C2=O)c1. The highest BCUT2D eigenvalue weighted by molar-refractivity contribution is 6.05. The molecule has 2 aromatic carbocycles. The highest BCUT2D eigenvalue weighted by Gasteiger charge is 2.35. The monoisotopic (exact) mass is 464 g/mol. The van der Waals surface area contributed by atoms with Gasteiger partial charge in [-0.15, -0.1) is 0 Å². The predicted molar refractivity (Wildman–Crippen MR) is 131 cm³/mol. The van der Waals surface area contributed by atoms with E-state index in [9.17, 15) is 14.4 Å². The number of nitrogens with one attached hydrogen (secondary N) is 2. The first-order chi connectivity index (χ1) is 16.3. The minimum Gasteiger partial charge on any atom is -0.489 e. The third kappa shape index (κ3) is 5.50. The van der Waals surface area contributed by atoms with Gasteiger partial charge in [0.2, 0.25) is 5.91 Å². The van der Waals surface area contributed by atoms with Crippen LogP contribution in [-0.4, -0.2) is 55.0 Å². The lowest BCUT2D eigenvalue weighted by Gasteiger charge is -2.36. The van der Waals surface area contributed by atoms with Gasteiger partial charge in [0, 0.05) is 18.8 Å². The first kappa shape index (κ1) is 23.6. The summed E-state index contributed by atoms with van der Waals surface area (Å²) >= 11 is 0. The van der Waals surface area contributed by atoms with Crippen molar-refractivity contribution in [3.63, 3.8) is 0 Å². The summed E-state index contributed by atoms with van der Waals surface area (Å²) in [6.07, 6.45) is 1.09. The Labute approximate surface area is 200 Å². The van der Waals surface area contributed by atoms with E-state index in [2.05, 4.69) is 24.5 Å². The molecule has 34 heavy (non-hydrogen) atoms. The number of nitrogens with zero attached hydrogens (tertiary/aromatic N) is 2. The maximum Gasteiger partial charge on any atom is 0.320 e. The van der Waals surface area contributed by atoms with Gasteiger partial charge >= 0.3 is 6.03 Å². The van der Waals surface area contributed by atoms with E-state index in [1.807, 2.05) is 36.1 Å². The number of hydrogen-bond acceptors (Lipinski definition) is 4. The van der Waals surface area contributed by atoms with Crippen molar-refractivity contribution in [2.75, 3.05) is 36.5 Å². The topological polar surface area (TPSA) is 91.0 Å². The molecule has 180 valence electrons. The van der Waals surface area contributed by atoms with Crippen molar-refractivity contribution in [2.24, 2.45) is 11.8 Å². The number of carbonyl (C=O) groups is 3. The van der Waals surface area contributed by atoms with Gasteiger partial charge in [-0.25, -0.2) is 4.79 Å². The Morgan fingerprint density at radius 2 is 1.79 bits per heavy atom. The Bertz CT molecular complexity index is 1060.